The molecule has 2 heterocycles. The summed E-state index contributed by atoms with van der Waals surface area (Å²) in [5.74, 6) is -1.66. The molecule has 3 aromatic rings. The fourth-order valence-corrected chi connectivity index (χ4v) is 2.76. The number of methoxy groups -OCH3 is 1. The van der Waals surface area contributed by atoms with E-state index in [0.717, 1.165) is 12.8 Å². The minimum atomic E-state index is -1.23. The van der Waals surface area contributed by atoms with Gasteiger partial charge in [0.2, 0.25) is 11.9 Å². The fraction of sp³-hybridized carbons (Fsp3) is 0.222. The molecule has 0 saturated heterocycles. The number of hydrogen-bond acceptors (Lipinski definition) is 5. The van der Waals surface area contributed by atoms with Crippen LogP contribution in [0.15, 0.2) is 30.5 Å². The summed E-state index contributed by atoms with van der Waals surface area (Å²) in [4.78, 5) is 27.6. The highest BCUT2D eigenvalue weighted by molar-refractivity contribution is 5.97. The minimum absolute atomic E-state index is 0.0155. The number of aromatic carboxylic acids is 1. The van der Waals surface area contributed by atoms with E-state index in [9.17, 15) is 19.1 Å². The number of ether oxygens (including phenoxy) is 1. The van der Waals surface area contributed by atoms with Crippen LogP contribution in [0.3, 0.4) is 0 Å². The number of pyridine rings is 1. The summed E-state index contributed by atoms with van der Waals surface area (Å²) >= 11 is 0. The second-order valence-corrected chi connectivity index (χ2v) is 6.26. The van der Waals surface area contributed by atoms with Crippen LogP contribution >= 0.6 is 0 Å². The number of nitrogens with zero attached hydrogens (tertiary/aromatic N) is 3. The molecule has 8 nitrogen and oxygen atoms in total. The number of benzene rings is 1. The van der Waals surface area contributed by atoms with E-state index in [-0.39, 0.29) is 34.5 Å². The second-order valence-electron chi connectivity index (χ2n) is 6.26. The predicted molar refractivity (Wildman–Crippen MR) is 93.2 cm³/mol. The molecule has 1 saturated carbocycles. The van der Waals surface area contributed by atoms with Gasteiger partial charge in [0.15, 0.2) is 5.65 Å². The molecule has 2 aromatic heterocycles. The summed E-state index contributed by atoms with van der Waals surface area (Å²) in [6.07, 6.45) is 3.10. The monoisotopic (exact) mass is 370 g/mol. The van der Waals surface area contributed by atoms with Crippen molar-refractivity contribution in [3.63, 3.8) is 0 Å². The first kappa shape index (κ1) is 17.0. The maximum absolute atomic E-state index is 14.4. The Morgan fingerprint density at radius 1 is 1.33 bits per heavy atom. The van der Waals surface area contributed by atoms with Crippen LogP contribution in [0.25, 0.3) is 16.8 Å². The summed E-state index contributed by atoms with van der Waals surface area (Å²) in [7, 11) is 1.43. The molecule has 0 atom stereocenters. The Morgan fingerprint density at radius 3 is 2.74 bits per heavy atom. The van der Waals surface area contributed by atoms with Gasteiger partial charge in [-0.2, -0.15) is 4.98 Å². The highest BCUT2D eigenvalue weighted by atomic mass is 19.1. The van der Waals surface area contributed by atoms with Crippen molar-refractivity contribution in [1.29, 1.82) is 0 Å². The van der Waals surface area contributed by atoms with Gasteiger partial charge in [0.05, 0.1) is 7.11 Å². The van der Waals surface area contributed by atoms with Gasteiger partial charge in [-0.1, -0.05) is 0 Å². The number of rotatable bonds is 5. The first-order chi connectivity index (χ1) is 13.0. The van der Waals surface area contributed by atoms with Crippen molar-refractivity contribution in [2.45, 2.75) is 12.8 Å². The van der Waals surface area contributed by atoms with Gasteiger partial charge in [0, 0.05) is 29.3 Å². The number of carboxylic acids is 1. The van der Waals surface area contributed by atoms with Gasteiger partial charge in [0.25, 0.3) is 0 Å². The predicted octanol–water partition coefficient (Wildman–Crippen LogP) is 2.59. The van der Waals surface area contributed by atoms with Crippen LogP contribution in [-0.4, -0.2) is 38.7 Å². The maximum Gasteiger partial charge on any atom is 0.339 e. The summed E-state index contributed by atoms with van der Waals surface area (Å²) in [5.41, 5.74) is 0.415. The van der Waals surface area contributed by atoms with E-state index in [4.69, 9.17) is 4.74 Å². The molecule has 0 radical (unpaired) electrons. The normalized spacial score (nSPS) is 13.6. The smallest absolute Gasteiger partial charge is 0.339 e. The molecule has 2 N–H and O–H groups in total. The molecule has 1 aromatic carbocycles. The van der Waals surface area contributed by atoms with Gasteiger partial charge in [-0.3, -0.25) is 10.1 Å². The van der Waals surface area contributed by atoms with Crippen molar-refractivity contribution in [3.05, 3.63) is 41.8 Å². The van der Waals surface area contributed by atoms with E-state index in [1.165, 1.54) is 36.0 Å². The van der Waals surface area contributed by atoms with Crippen LogP contribution in [-0.2, 0) is 4.79 Å². The first-order valence-electron chi connectivity index (χ1n) is 8.25. The molecule has 4 rings (SSSR count). The Balaban J connectivity index is 1.80. The first-order valence-corrected chi connectivity index (χ1v) is 8.25. The van der Waals surface area contributed by atoms with Gasteiger partial charge >= 0.3 is 5.97 Å². The van der Waals surface area contributed by atoms with Crippen molar-refractivity contribution in [2.75, 3.05) is 12.4 Å². The van der Waals surface area contributed by atoms with E-state index in [2.05, 4.69) is 15.4 Å². The average molecular weight is 370 g/mol. The molecule has 0 unspecified atom stereocenters. The molecule has 1 fully saturated rings. The highest BCUT2D eigenvalue weighted by Gasteiger charge is 2.30. The van der Waals surface area contributed by atoms with Crippen LogP contribution in [0.5, 0.6) is 5.75 Å². The largest absolute Gasteiger partial charge is 0.497 e. The van der Waals surface area contributed by atoms with Gasteiger partial charge in [-0.15, -0.1) is 5.10 Å². The van der Waals surface area contributed by atoms with Crippen molar-refractivity contribution < 1.29 is 23.8 Å². The topological polar surface area (TPSA) is 106 Å². The quantitative estimate of drug-likeness (QED) is 0.715. The zero-order chi connectivity index (χ0) is 19.1. The maximum atomic E-state index is 14.4. The van der Waals surface area contributed by atoms with Gasteiger partial charge in [-0.25, -0.2) is 13.7 Å². The molecule has 1 aliphatic rings. The van der Waals surface area contributed by atoms with Crippen LogP contribution in [0.2, 0.25) is 0 Å². The lowest BCUT2D eigenvalue weighted by molar-refractivity contribution is -0.117. The summed E-state index contributed by atoms with van der Waals surface area (Å²) in [6.45, 7) is 0. The Labute approximate surface area is 152 Å². The number of nitrogens with one attached hydrogen (secondary N) is 1. The Morgan fingerprint density at radius 2 is 2.11 bits per heavy atom. The molecule has 0 aliphatic heterocycles. The number of anilines is 1. The Bertz CT molecular complexity index is 1070. The van der Waals surface area contributed by atoms with E-state index in [1.807, 2.05) is 0 Å². The standard InChI is InChI=1S/C18H15FN4O4/c1-27-11-4-5-12(14(19)7-11)10-6-13(17(25)26)15-20-18(22-23(15)8-10)21-16(24)9-2-3-9/h4-9H,2-3H2,1H3,(H,25,26)(H,21,22,24). The molecule has 9 heteroatoms. The third-order valence-corrected chi connectivity index (χ3v) is 4.33. The van der Waals surface area contributed by atoms with Crippen molar-refractivity contribution >= 4 is 23.5 Å². The van der Waals surface area contributed by atoms with E-state index >= 15 is 0 Å². The van der Waals surface area contributed by atoms with E-state index in [1.54, 1.807) is 6.07 Å². The SMILES string of the molecule is COc1ccc(-c2cc(C(=O)O)c3nc(NC(=O)C4CC4)nn3c2)c(F)c1. The number of carboxylic acid groups (broad SMARTS) is 1. The minimum Gasteiger partial charge on any atom is -0.497 e. The van der Waals surface area contributed by atoms with Crippen LogP contribution in [0.1, 0.15) is 23.2 Å². The van der Waals surface area contributed by atoms with Crippen molar-refractivity contribution in [1.82, 2.24) is 14.6 Å². The number of fused-ring (bicyclic) bond motifs is 1. The fourth-order valence-electron chi connectivity index (χ4n) is 2.76. The lowest BCUT2D eigenvalue weighted by atomic mass is 10.0. The van der Waals surface area contributed by atoms with Crippen LogP contribution in [0, 0.1) is 11.7 Å². The van der Waals surface area contributed by atoms with Crippen molar-refractivity contribution in [3.8, 4) is 16.9 Å². The van der Waals surface area contributed by atoms with Gasteiger partial charge in [-0.05, 0) is 31.0 Å². The van der Waals surface area contributed by atoms with Gasteiger partial charge in [0.1, 0.15) is 17.1 Å². The summed E-state index contributed by atoms with van der Waals surface area (Å²) in [6, 6.07) is 5.60. The van der Waals surface area contributed by atoms with Crippen LogP contribution in [0.4, 0.5) is 10.3 Å². The molecule has 0 spiro atoms. The number of carbonyl (C=O) groups excluding carboxylic acids is 1. The molecule has 0 bridgehead atoms. The Kier molecular flexibility index (Phi) is 3.98. The number of hydrogen-bond donors (Lipinski definition) is 2. The highest BCUT2D eigenvalue weighted by Crippen LogP contribution is 2.31. The van der Waals surface area contributed by atoms with E-state index < -0.39 is 11.8 Å². The number of aromatic nitrogens is 3. The van der Waals surface area contributed by atoms with Crippen molar-refractivity contribution in [2.24, 2.45) is 5.92 Å². The zero-order valence-corrected chi connectivity index (χ0v) is 14.3. The molecule has 1 amide bonds. The molecule has 1 aliphatic carbocycles. The molecule has 27 heavy (non-hydrogen) atoms. The van der Waals surface area contributed by atoms with Gasteiger partial charge < -0.3 is 9.84 Å². The molecule has 138 valence electrons. The average Bonchev–Trinajstić information content (AvgIpc) is 3.41. The lowest BCUT2D eigenvalue weighted by Gasteiger charge is -2.07. The number of halogens is 1. The third kappa shape index (κ3) is 3.19. The zero-order valence-electron chi connectivity index (χ0n) is 14.3. The second kappa shape index (κ2) is 6.35. The molecular formula is C18H15FN4O4. The van der Waals surface area contributed by atoms with Crippen LogP contribution < -0.4 is 10.1 Å². The van der Waals surface area contributed by atoms with E-state index in [0.29, 0.717) is 11.3 Å². The Hall–Kier alpha value is -3.49. The molecular weight excluding hydrogens is 355 g/mol. The third-order valence-electron chi connectivity index (χ3n) is 4.33. The number of amides is 1. The number of carbonyl (C=O) groups is 2. The summed E-state index contributed by atoms with van der Waals surface area (Å²) < 4.78 is 20.6. The summed E-state index contributed by atoms with van der Waals surface area (Å²) in [5, 5.41) is 16.2. The lowest BCUT2D eigenvalue weighted by Crippen LogP contribution is -2.14.